The van der Waals surface area contributed by atoms with Crippen molar-refractivity contribution >= 4 is 0 Å². The summed E-state index contributed by atoms with van der Waals surface area (Å²) in [6.45, 7) is 6.38. The van der Waals surface area contributed by atoms with Crippen molar-refractivity contribution < 1.29 is 19.8 Å². The third-order valence-electron chi connectivity index (χ3n) is 7.58. The summed E-state index contributed by atoms with van der Waals surface area (Å²) in [4.78, 5) is 30.7. The zero-order valence-electron chi connectivity index (χ0n) is 16.2. The molecule has 0 heterocycles. The zero-order chi connectivity index (χ0) is 20.0. The molecule has 0 spiro atoms. The Morgan fingerprint density at radius 2 is 1.96 bits per heavy atom. The molecule has 2 N–H and O–H groups in total. The van der Waals surface area contributed by atoms with Gasteiger partial charge in [0.2, 0.25) is 0 Å². The van der Waals surface area contributed by atoms with Gasteiger partial charge in [0, 0.05) is 0 Å². The van der Waals surface area contributed by atoms with E-state index in [1.165, 1.54) is 11.1 Å². The van der Waals surface area contributed by atoms with Gasteiger partial charge in [0.1, 0.15) is 12.7 Å². The minimum Gasteiger partial charge on any atom is -0.330 e. The van der Waals surface area contributed by atoms with E-state index in [-0.39, 0.29) is 17.3 Å². The van der Waals surface area contributed by atoms with E-state index in [0.717, 1.165) is 32.1 Å². The maximum absolute atomic E-state index is 10.9. The van der Waals surface area contributed by atoms with Gasteiger partial charge >= 0.3 is 0 Å². The second kappa shape index (κ2) is 6.92. The number of hydrogen-bond donors (Lipinski definition) is 1. The summed E-state index contributed by atoms with van der Waals surface area (Å²) in [6.07, 6.45) is 4.11. The Hall–Kier alpha value is -1.90. The molecule has 2 fully saturated rings. The van der Waals surface area contributed by atoms with Gasteiger partial charge in [0.15, 0.2) is 0 Å². The maximum atomic E-state index is 10.9. The van der Waals surface area contributed by atoms with Crippen LogP contribution in [0.15, 0.2) is 11.1 Å². The summed E-state index contributed by atoms with van der Waals surface area (Å²) in [6, 6.07) is 0. The van der Waals surface area contributed by atoms with Crippen molar-refractivity contribution in [3.8, 4) is 0 Å². The molecular formula is C18H29N3O6. The van der Waals surface area contributed by atoms with Crippen molar-refractivity contribution in [2.45, 2.75) is 59.0 Å². The Morgan fingerprint density at radius 3 is 2.48 bits per heavy atom. The highest BCUT2D eigenvalue weighted by Crippen LogP contribution is 2.78. The quantitative estimate of drug-likeness (QED) is 0.348. The second-order valence-corrected chi connectivity index (χ2v) is 8.53. The van der Waals surface area contributed by atoms with Crippen molar-refractivity contribution in [1.82, 2.24) is 0 Å². The maximum Gasteiger partial charge on any atom is 0.294 e. The number of hydrogen-bond acceptors (Lipinski definition) is 7. The Labute approximate surface area is 158 Å². The summed E-state index contributed by atoms with van der Waals surface area (Å²) in [5, 5.41) is 19.7. The fourth-order valence-corrected chi connectivity index (χ4v) is 6.47. The molecule has 3 aliphatic rings. The third-order valence-corrected chi connectivity index (χ3v) is 7.58. The summed E-state index contributed by atoms with van der Waals surface area (Å²) in [5.41, 5.74) is 9.49. The molecule has 0 bridgehead atoms. The van der Waals surface area contributed by atoms with Crippen LogP contribution in [-0.4, -0.2) is 29.4 Å². The highest BCUT2D eigenvalue weighted by molar-refractivity contribution is 5.43. The molecule has 0 aromatic heterocycles. The van der Waals surface area contributed by atoms with Crippen LogP contribution in [0.25, 0.3) is 0 Å². The van der Waals surface area contributed by atoms with Crippen LogP contribution in [0.5, 0.6) is 0 Å². The number of rotatable bonds is 10. The van der Waals surface area contributed by atoms with Crippen LogP contribution in [0.1, 0.15) is 52.9 Å². The summed E-state index contributed by atoms with van der Waals surface area (Å²) < 4.78 is 0. The minimum atomic E-state index is -0.986. The lowest BCUT2D eigenvalue weighted by atomic mass is 9.29. The van der Waals surface area contributed by atoms with Gasteiger partial charge in [-0.2, -0.15) is 0 Å². The SMILES string of the molecule is CCC1=C2CC3(CC)CC(CN)(CC1C(C)C(CO[N+](=O)[O-])O[N+](=O)[O-])C23. The Morgan fingerprint density at radius 1 is 1.26 bits per heavy atom. The van der Waals surface area contributed by atoms with Gasteiger partial charge in [-0.25, -0.2) is 0 Å². The van der Waals surface area contributed by atoms with E-state index in [9.17, 15) is 20.2 Å². The molecule has 27 heavy (non-hydrogen) atoms. The molecule has 9 nitrogen and oxygen atoms in total. The van der Waals surface area contributed by atoms with Gasteiger partial charge in [-0.15, -0.1) is 20.2 Å². The molecule has 0 radical (unpaired) electrons. The van der Waals surface area contributed by atoms with Crippen LogP contribution in [0.4, 0.5) is 0 Å². The average molecular weight is 383 g/mol. The van der Waals surface area contributed by atoms with Crippen molar-refractivity contribution in [1.29, 1.82) is 0 Å². The van der Waals surface area contributed by atoms with E-state index in [2.05, 4.69) is 18.7 Å². The standard InChI is InChI=1S/C18H29N3O6/c1-4-12-13(11(3)15(27-21(24)25)8-26-20(22)23)6-18(10-19)9-17(5-2)7-14(12)16(17)18/h11,13,15-16H,4-10,19H2,1-3H3. The fourth-order valence-electron chi connectivity index (χ4n) is 6.47. The molecule has 0 aromatic rings. The van der Waals surface area contributed by atoms with Crippen molar-refractivity contribution in [3.05, 3.63) is 31.4 Å². The molecule has 6 unspecified atom stereocenters. The molecule has 9 heteroatoms. The predicted octanol–water partition coefficient (Wildman–Crippen LogP) is 2.90. The van der Waals surface area contributed by atoms with Crippen LogP contribution in [0.3, 0.4) is 0 Å². The topological polar surface area (TPSA) is 131 Å². The molecule has 3 aliphatic carbocycles. The van der Waals surface area contributed by atoms with E-state index >= 15 is 0 Å². The molecule has 152 valence electrons. The first-order valence-electron chi connectivity index (χ1n) is 9.74. The highest BCUT2D eigenvalue weighted by Gasteiger charge is 2.71. The Balaban J connectivity index is 1.87. The fraction of sp³-hybridized carbons (Fsp3) is 0.889. The Kier molecular flexibility index (Phi) is 5.09. The molecular weight excluding hydrogens is 354 g/mol. The molecule has 0 aromatic carbocycles. The van der Waals surface area contributed by atoms with Gasteiger partial charge in [0.05, 0.1) is 0 Å². The summed E-state index contributed by atoms with van der Waals surface area (Å²) in [5.74, 6) is 0.336. The van der Waals surface area contributed by atoms with Gasteiger partial charge in [-0.3, -0.25) is 0 Å². The smallest absolute Gasteiger partial charge is 0.294 e. The molecule has 0 saturated heterocycles. The van der Waals surface area contributed by atoms with Gasteiger partial charge in [-0.1, -0.05) is 31.9 Å². The van der Waals surface area contributed by atoms with E-state index in [1.54, 1.807) is 0 Å². The normalized spacial score (nSPS) is 36.0. The van der Waals surface area contributed by atoms with Gasteiger partial charge in [-0.05, 0) is 67.2 Å². The van der Waals surface area contributed by atoms with Crippen molar-refractivity contribution in [2.24, 2.45) is 34.3 Å². The Bertz CT molecular complexity index is 667. The molecule has 0 amide bonds. The third kappa shape index (κ3) is 2.96. The van der Waals surface area contributed by atoms with Crippen LogP contribution in [0.2, 0.25) is 0 Å². The van der Waals surface area contributed by atoms with E-state index in [4.69, 9.17) is 10.6 Å². The lowest BCUT2D eigenvalue weighted by Gasteiger charge is -2.75. The first kappa shape index (κ1) is 19.9. The second-order valence-electron chi connectivity index (χ2n) is 8.53. The van der Waals surface area contributed by atoms with Crippen molar-refractivity contribution in [2.75, 3.05) is 13.2 Å². The van der Waals surface area contributed by atoms with E-state index in [1.807, 2.05) is 6.92 Å². The summed E-state index contributed by atoms with van der Waals surface area (Å²) >= 11 is 0. The lowest BCUT2D eigenvalue weighted by molar-refractivity contribution is -0.791. The van der Waals surface area contributed by atoms with Crippen LogP contribution >= 0.6 is 0 Å². The monoisotopic (exact) mass is 383 g/mol. The number of allylic oxidation sites excluding steroid dienone is 2. The number of nitrogens with zero attached hydrogens (tertiary/aromatic N) is 2. The first-order chi connectivity index (χ1) is 12.7. The highest BCUT2D eigenvalue weighted by atomic mass is 17.0. The molecule has 3 rings (SSSR count). The molecule has 2 saturated carbocycles. The van der Waals surface area contributed by atoms with Gasteiger partial charge in [0.25, 0.3) is 10.2 Å². The van der Waals surface area contributed by atoms with E-state index in [0.29, 0.717) is 17.9 Å². The van der Waals surface area contributed by atoms with Crippen LogP contribution in [0, 0.1) is 48.8 Å². The van der Waals surface area contributed by atoms with Crippen LogP contribution < -0.4 is 5.73 Å². The van der Waals surface area contributed by atoms with Gasteiger partial charge < -0.3 is 15.4 Å². The molecule has 6 atom stereocenters. The first-order valence-corrected chi connectivity index (χ1v) is 9.74. The van der Waals surface area contributed by atoms with Crippen LogP contribution in [-0.2, 0) is 9.68 Å². The summed E-state index contributed by atoms with van der Waals surface area (Å²) in [7, 11) is 0. The zero-order valence-corrected chi connectivity index (χ0v) is 16.2. The largest absolute Gasteiger partial charge is 0.330 e. The average Bonchev–Trinajstić information content (AvgIpc) is 2.59. The number of nitrogens with two attached hydrogens (primary N) is 1. The van der Waals surface area contributed by atoms with E-state index < -0.39 is 22.9 Å². The lowest BCUT2D eigenvalue weighted by Crippen LogP contribution is -2.69. The molecule has 0 aliphatic heterocycles. The predicted molar refractivity (Wildman–Crippen MR) is 96.3 cm³/mol. The van der Waals surface area contributed by atoms with Crippen molar-refractivity contribution in [3.63, 3.8) is 0 Å². The minimum absolute atomic E-state index is 0.0598.